The van der Waals surface area contributed by atoms with Crippen LogP contribution in [0.1, 0.15) is 42.4 Å². The van der Waals surface area contributed by atoms with E-state index >= 15 is 0 Å². The number of fused-ring (bicyclic) bond motifs is 1. The van der Waals surface area contributed by atoms with Crippen molar-refractivity contribution in [1.82, 2.24) is 4.90 Å². The third-order valence-corrected chi connectivity index (χ3v) is 6.17. The quantitative estimate of drug-likeness (QED) is 0.823. The monoisotopic (exact) mass is 362 g/mol. The van der Waals surface area contributed by atoms with Crippen LogP contribution in [-0.2, 0) is 24.1 Å². The first-order valence-corrected chi connectivity index (χ1v) is 10.4. The van der Waals surface area contributed by atoms with Crippen molar-refractivity contribution >= 4 is 11.6 Å². The molecule has 2 aliphatic rings. The van der Waals surface area contributed by atoms with Gasteiger partial charge in [-0.25, -0.2) is 0 Å². The lowest BCUT2D eigenvalue weighted by molar-refractivity contribution is -0.116. The molecule has 2 aromatic carbocycles. The van der Waals surface area contributed by atoms with Crippen LogP contribution in [0.15, 0.2) is 48.5 Å². The van der Waals surface area contributed by atoms with E-state index in [4.69, 9.17) is 0 Å². The Bertz CT molecular complexity index is 763. The summed E-state index contributed by atoms with van der Waals surface area (Å²) in [5, 5.41) is 2.97. The summed E-state index contributed by atoms with van der Waals surface area (Å²) in [7, 11) is 0. The molecule has 142 valence electrons. The molecule has 0 radical (unpaired) electrons. The van der Waals surface area contributed by atoms with E-state index in [2.05, 4.69) is 58.7 Å². The highest BCUT2D eigenvalue weighted by Crippen LogP contribution is 2.25. The number of nitrogens with zero attached hydrogens (tertiary/aromatic N) is 1. The summed E-state index contributed by atoms with van der Waals surface area (Å²) in [6.07, 6.45) is 7.82. The molecule has 0 aromatic heterocycles. The van der Waals surface area contributed by atoms with E-state index in [9.17, 15) is 4.79 Å². The summed E-state index contributed by atoms with van der Waals surface area (Å²) in [5.74, 6) is 1.03. The third-order valence-electron chi connectivity index (χ3n) is 6.17. The second-order valence-electron chi connectivity index (χ2n) is 8.10. The lowest BCUT2D eigenvalue weighted by Crippen LogP contribution is -2.35. The number of anilines is 1. The Balaban J connectivity index is 1.20. The minimum Gasteiger partial charge on any atom is -0.326 e. The summed E-state index contributed by atoms with van der Waals surface area (Å²) in [6, 6.07) is 17.4. The number of aryl methyl sites for hydroxylation is 2. The molecular formula is C24H30N2O. The zero-order chi connectivity index (χ0) is 18.5. The molecule has 2 aromatic rings. The summed E-state index contributed by atoms with van der Waals surface area (Å²) in [6.45, 7) is 3.62. The zero-order valence-corrected chi connectivity index (χ0v) is 16.1. The smallest absolute Gasteiger partial charge is 0.224 e. The molecule has 2 aliphatic heterocycles. The normalized spacial score (nSPS) is 18.1. The predicted molar refractivity (Wildman–Crippen MR) is 111 cm³/mol. The van der Waals surface area contributed by atoms with Crippen molar-refractivity contribution < 1.29 is 4.79 Å². The van der Waals surface area contributed by atoms with Crippen LogP contribution in [0.2, 0.25) is 0 Å². The number of carbonyl (C=O) groups excluding carboxylic acids is 1. The average Bonchev–Trinajstić information content (AvgIpc) is 2.72. The summed E-state index contributed by atoms with van der Waals surface area (Å²) < 4.78 is 0. The molecule has 0 saturated carbocycles. The number of piperidine rings is 1. The van der Waals surface area contributed by atoms with Crippen LogP contribution in [-0.4, -0.2) is 30.4 Å². The molecule has 4 rings (SSSR count). The molecule has 0 spiro atoms. The van der Waals surface area contributed by atoms with E-state index < -0.39 is 0 Å². The number of rotatable bonds is 6. The molecule has 0 atom stereocenters. The Morgan fingerprint density at radius 2 is 1.74 bits per heavy atom. The van der Waals surface area contributed by atoms with Crippen LogP contribution in [0.4, 0.5) is 5.69 Å². The van der Waals surface area contributed by atoms with Gasteiger partial charge < -0.3 is 10.2 Å². The van der Waals surface area contributed by atoms with Crippen molar-refractivity contribution in [2.24, 2.45) is 5.92 Å². The molecule has 1 fully saturated rings. The molecule has 1 N–H and O–H groups in total. The molecule has 0 aliphatic carbocycles. The van der Waals surface area contributed by atoms with Gasteiger partial charge in [0.05, 0.1) is 0 Å². The van der Waals surface area contributed by atoms with E-state index in [-0.39, 0.29) is 5.91 Å². The lowest BCUT2D eigenvalue weighted by Gasteiger charge is -2.32. The van der Waals surface area contributed by atoms with Crippen molar-refractivity contribution in [3.05, 3.63) is 65.2 Å². The third kappa shape index (κ3) is 4.98. The fourth-order valence-electron chi connectivity index (χ4n) is 4.39. The van der Waals surface area contributed by atoms with Crippen molar-refractivity contribution in [2.75, 3.05) is 25.0 Å². The number of nitrogens with one attached hydrogen (secondary N) is 1. The minimum absolute atomic E-state index is 0.144. The molecule has 3 nitrogen and oxygen atoms in total. The van der Waals surface area contributed by atoms with Gasteiger partial charge in [0.25, 0.3) is 0 Å². The largest absolute Gasteiger partial charge is 0.326 e. The topological polar surface area (TPSA) is 32.3 Å². The van der Waals surface area contributed by atoms with Gasteiger partial charge in [-0.2, -0.15) is 0 Å². The fourth-order valence-corrected chi connectivity index (χ4v) is 4.39. The molecule has 27 heavy (non-hydrogen) atoms. The van der Waals surface area contributed by atoms with E-state index in [0.29, 0.717) is 6.42 Å². The SMILES string of the molecule is O=C1CCc2cc(CCN3CCC(CCc4ccccc4)CC3)ccc2N1. The van der Waals surface area contributed by atoms with Gasteiger partial charge >= 0.3 is 0 Å². The van der Waals surface area contributed by atoms with Crippen molar-refractivity contribution in [3.63, 3.8) is 0 Å². The Labute approximate surface area is 162 Å². The van der Waals surface area contributed by atoms with Crippen LogP contribution < -0.4 is 5.32 Å². The highest BCUT2D eigenvalue weighted by molar-refractivity contribution is 5.93. The molecular weight excluding hydrogens is 332 g/mol. The highest BCUT2D eigenvalue weighted by Gasteiger charge is 2.19. The van der Waals surface area contributed by atoms with Gasteiger partial charge in [0.15, 0.2) is 0 Å². The van der Waals surface area contributed by atoms with Gasteiger partial charge in [-0.05, 0) is 80.3 Å². The van der Waals surface area contributed by atoms with Crippen LogP contribution >= 0.6 is 0 Å². The molecule has 0 unspecified atom stereocenters. The Hall–Kier alpha value is -2.13. The molecule has 0 bridgehead atoms. The average molecular weight is 363 g/mol. The maximum atomic E-state index is 11.5. The van der Waals surface area contributed by atoms with Crippen LogP contribution in [0.25, 0.3) is 0 Å². The molecule has 1 amide bonds. The fraction of sp³-hybridized carbons (Fsp3) is 0.458. The maximum absolute atomic E-state index is 11.5. The van der Waals surface area contributed by atoms with Gasteiger partial charge in [0.1, 0.15) is 0 Å². The number of amides is 1. The molecule has 2 heterocycles. The Morgan fingerprint density at radius 1 is 0.926 bits per heavy atom. The zero-order valence-electron chi connectivity index (χ0n) is 16.1. The van der Waals surface area contributed by atoms with Crippen molar-refractivity contribution in [2.45, 2.75) is 44.9 Å². The van der Waals surface area contributed by atoms with E-state index in [0.717, 1.165) is 31.0 Å². The van der Waals surface area contributed by atoms with Crippen LogP contribution in [0, 0.1) is 5.92 Å². The number of likely N-dealkylation sites (tertiary alicyclic amines) is 1. The first-order valence-electron chi connectivity index (χ1n) is 10.4. The second-order valence-corrected chi connectivity index (χ2v) is 8.10. The minimum atomic E-state index is 0.144. The Kier molecular flexibility index (Phi) is 5.88. The second kappa shape index (κ2) is 8.71. The maximum Gasteiger partial charge on any atom is 0.224 e. The first-order chi connectivity index (χ1) is 13.3. The van der Waals surface area contributed by atoms with Crippen LogP contribution in [0.3, 0.4) is 0 Å². The number of benzene rings is 2. The van der Waals surface area contributed by atoms with Crippen molar-refractivity contribution in [3.8, 4) is 0 Å². The summed E-state index contributed by atoms with van der Waals surface area (Å²) in [4.78, 5) is 14.1. The van der Waals surface area contributed by atoms with Gasteiger partial charge in [0, 0.05) is 18.7 Å². The lowest BCUT2D eigenvalue weighted by atomic mass is 9.90. The van der Waals surface area contributed by atoms with Gasteiger partial charge in [-0.15, -0.1) is 0 Å². The molecule has 1 saturated heterocycles. The van der Waals surface area contributed by atoms with E-state index in [1.807, 2.05) is 0 Å². The van der Waals surface area contributed by atoms with Crippen LogP contribution in [0.5, 0.6) is 0 Å². The van der Waals surface area contributed by atoms with Crippen molar-refractivity contribution in [1.29, 1.82) is 0 Å². The number of carbonyl (C=O) groups is 1. The van der Waals surface area contributed by atoms with Gasteiger partial charge in [-0.3, -0.25) is 4.79 Å². The molecule has 3 heteroatoms. The van der Waals surface area contributed by atoms with Gasteiger partial charge in [-0.1, -0.05) is 42.5 Å². The standard InChI is InChI=1S/C24H30N2O/c27-24-11-9-22-18-21(8-10-23(22)25-24)14-17-26-15-12-20(13-16-26)7-6-19-4-2-1-3-5-19/h1-5,8,10,18,20H,6-7,9,11-17H2,(H,25,27). The predicted octanol–water partition coefficient (Wildman–Crippen LogP) is 4.46. The van der Waals surface area contributed by atoms with Gasteiger partial charge in [0.2, 0.25) is 5.91 Å². The first kappa shape index (κ1) is 18.2. The van der Waals surface area contributed by atoms with E-state index in [1.54, 1.807) is 0 Å². The van der Waals surface area contributed by atoms with E-state index in [1.165, 1.54) is 55.5 Å². The summed E-state index contributed by atoms with van der Waals surface area (Å²) >= 11 is 0. The number of hydrogen-bond acceptors (Lipinski definition) is 2. The Morgan fingerprint density at radius 3 is 2.56 bits per heavy atom. The highest BCUT2D eigenvalue weighted by atomic mass is 16.1. The number of hydrogen-bond donors (Lipinski definition) is 1. The summed E-state index contributed by atoms with van der Waals surface area (Å²) in [5.41, 5.74) is 5.18.